The summed E-state index contributed by atoms with van der Waals surface area (Å²) in [4.78, 5) is 26.1. The number of nitrogens with one attached hydrogen (secondary N) is 2. The van der Waals surface area contributed by atoms with Gasteiger partial charge in [-0.3, -0.25) is 9.59 Å². The predicted octanol–water partition coefficient (Wildman–Crippen LogP) is 1.52. The third-order valence-corrected chi connectivity index (χ3v) is 4.11. The van der Waals surface area contributed by atoms with Crippen molar-refractivity contribution in [3.63, 3.8) is 0 Å². The minimum absolute atomic E-state index is 0. The number of carbonyl (C=O) groups is 2. The average molecular weight is 354 g/mol. The van der Waals surface area contributed by atoms with Gasteiger partial charge in [0.1, 0.15) is 0 Å². The Bertz CT molecular complexity index is 572. The zero-order valence-electron chi connectivity index (χ0n) is 13.6. The number of carbonyl (C=O) groups excluding carboxylic acids is 2. The molecule has 7 heteroatoms. The summed E-state index contributed by atoms with van der Waals surface area (Å²) in [6.45, 7) is 3.59. The van der Waals surface area contributed by atoms with Crippen molar-refractivity contribution in [2.75, 3.05) is 44.7 Å². The van der Waals surface area contributed by atoms with Gasteiger partial charge in [-0.25, -0.2) is 0 Å². The summed E-state index contributed by atoms with van der Waals surface area (Å²) >= 11 is 0. The monoisotopic (exact) mass is 353 g/mol. The Morgan fingerprint density at radius 3 is 2.67 bits per heavy atom. The fourth-order valence-electron chi connectivity index (χ4n) is 2.60. The van der Waals surface area contributed by atoms with Crippen molar-refractivity contribution < 1.29 is 14.3 Å². The summed E-state index contributed by atoms with van der Waals surface area (Å²) in [5.74, 6) is 0.648. The van der Waals surface area contributed by atoms with Gasteiger partial charge in [0, 0.05) is 24.3 Å². The van der Waals surface area contributed by atoms with Gasteiger partial charge < -0.3 is 20.3 Å². The van der Waals surface area contributed by atoms with Crippen molar-refractivity contribution in [2.24, 2.45) is 5.92 Å². The molecule has 3 rings (SSSR count). The van der Waals surface area contributed by atoms with Crippen LogP contribution in [-0.4, -0.2) is 56.1 Å². The molecule has 0 spiro atoms. The first-order chi connectivity index (χ1) is 11.2. The van der Waals surface area contributed by atoms with Gasteiger partial charge in [-0.1, -0.05) is 6.07 Å². The normalized spacial score (nSPS) is 17.1. The molecule has 2 aliphatic rings. The van der Waals surface area contributed by atoms with Gasteiger partial charge in [0.05, 0.1) is 19.8 Å². The van der Waals surface area contributed by atoms with E-state index < -0.39 is 0 Å². The van der Waals surface area contributed by atoms with E-state index in [0.29, 0.717) is 44.1 Å². The lowest BCUT2D eigenvalue weighted by Crippen LogP contribution is -2.40. The van der Waals surface area contributed by atoms with E-state index in [0.717, 1.165) is 12.5 Å². The molecular weight excluding hydrogens is 330 g/mol. The van der Waals surface area contributed by atoms with E-state index in [1.165, 1.54) is 12.8 Å². The van der Waals surface area contributed by atoms with Crippen LogP contribution in [0.5, 0.6) is 0 Å². The van der Waals surface area contributed by atoms with Crippen molar-refractivity contribution in [1.82, 2.24) is 10.2 Å². The molecule has 0 aromatic heterocycles. The molecule has 0 bridgehead atoms. The zero-order valence-corrected chi connectivity index (χ0v) is 14.4. The topological polar surface area (TPSA) is 70.7 Å². The van der Waals surface area contributed by atoms with Crippen LogP contribution in [0.2, 0.25) is 0 Å². The summed E-state index contributed by atoms with van der Waals surface area (Å²) in [5.41, 5.74) is 1.25. The van der Waals surface area contributed by atoms with Crippen molar-refractivity contribution in [3.8, 4) is 0 Å². The van der Waals surface area contributed by atoms with E-state index >= 15 is 0 Å². The number of benzene rings is 1. The van der Waals surface area contributed by atoms with Gasteiger partial charge in [0.15, 0.2) is 0 Å². The van der Waals surface area contributed by atoms with Gasteiger partial charge >= 0.3 is 0 Å². The number of ether oxygens (including phenoxy) is 1. The highest BCUT2D eigenvalue weighted by Gasteiger charge is 2.21. The van der Waals surface area contributed by atoms with E-state index in [1.54, 1.807) is 29.2 Å². The number of amides is 2. The first-order valence-corrected chi connectivity index (χ1v) is 8.20. The molecule has 2 fully saturated rings. The van der Waals surface area contributed by atoms with Crippen molar-refractivity contribution in [3.05, 3.63) is 29.8 Å². The van der Waals surface area contributed by atoms with Gasteiger partial charge in [-0.15, -0.1) is 12.4 Å². The maximum atomic E-state index is 12.4. The highest BCUT2D eigenvalue weighted by atomic mass is 35.5. The Morgan fingerprint density at radius 2 is 1.96 bits per heavy atom. The molecule has 0 atom stereocenters. The molecule has 2 N–H and O–H groups in total. The minimum Gasteiger partial charge on any atom is -0.378 e. The van der Waals surface area contributed by atoms with Crippen LogP contribution >= 0.6 is 12.4 Å². The zero-order chi connectivity index (χ0) is 16.1. The maximum absolute atomic E-state index is 12.4. The third kappa shape index (κ3) is 5.47. The Kier molecular flexibility index (Phi) is 7.02. The molecule has 1 aliphatic heterocycles. The van der Waals surface area contributed by atoms with Crippen LogP contribution in [0.3, 0.4) is 0 Å². The second-order valence-electron chi connectivity index (χ2n) is 6.11. The largest absolute Gasteiger partial charge is 0.378 e. The second-order valence-corrected chi connectivity index (χ2v) is 6.11. The standard InChI is InChI=1S/C17H23N3O3.ClH/c21-16(12-18-11-13-4-5-13)19-15-3-1-2-14(10-15)17(22)20-6-8-23-9-7-20;/h1-3,10,13,18H,4-9,11-12H2,(H,19,21);1H. The van der Waals surface area contributed by atoms with E-state index in [2.05, 4.69) is 10.6 Å². The van der Waals surface area contributed by atoms with Crippen LogP contribution < -0.4 is 10.6 Å². The number of hydrogen-bond acceptors (Lipinski definition) is 4. The molecule has 132 valence electrons. The molecule has 2 amide bonds. The Labute approximate surface area is 148 Å². The van der Waals surface area contributed by atoms with Gasteiger partial charge in [0.2, 0.25) is 5.91 Å². The first-order valence-electron chi connectivity index (χ1n) is 8.20. The van der Waals surface area contributed by atoms with Crippen LogP contribution in [0.15, 0.2) is 24.3 Å². The molecule has 1 saturated heterocycles. The number of rotatable bonds is 6. The summed E-state index contributed by atoms with van der Waals surface area (Å²) in [5, 5.41) is 5.99. The van der Waals surface area contributed by atoms with Gasteiger partial charge in [-0.2, -0.15) is 0 Å². The Hall–Kier alpha value is -1.63. The summed E-state index contributed by atoms with van der Waals surface area (Å²) in [6.07, 6.45) is 2.53. The number of morpholine rings is 1. The van der Waals surface area contributed by atoms with Crippen molar-refractivity contribution >= 4 is 29.9 Å². The van der Waals surface area contributed by atoms with Crippen LogP contribution in [0.25, 0.3) is 0 Å². The summed E-state index contributed by atoms with van der Waals surface area (Å²) < 4.78 is 5.26. The van der Waals surface area contributed by atoms with Gasteiger partial charge in [-0.05, 0) is 43.5 Å². The predicted molar refractivity (Wildman–Crippen MR) is 94.6 cm³/mol. The van der Waals surface area contributed by atoms with Crippen molar-refractivity contribution in [2.45, 2.75) is 12.8 Å². The fraction of sp³-hybridized carbons (Fsp3) is 0.529. The van der Waals surface area contributed by atoms with Crippen LogP contribution in [0.1, 0.15) is 23.2 Å². The molecule has 1 saturated carbocycles. The molecule has 1 aromatic carbocycles. The SMILES string of the molecule is Cl.O=C(CNCC1CC1)Nc1cccc(C(=O)N2CCOCC2)c1. The van der Waals surface area contributed by atoms with Crippen LogP contribution in [-0.2, 0) is 9.53 Å². The Balaban J connectivity index is 0.00000208. The van der Waals surface area contributed by atoms with E-state index in [4.69, 9.17) is 4.74 Å². The lowest BCUT2D eigenvalue weighted by atomic mass is 10.1. The highest BCUT2D eigenvalue weighted by molar-refractivity contribution is 5.97. The van der Waals surface area contributed by atoms with Crippen LogP contribution in [0.4, 0.5) is 5.69 Å². The lowest BCUT2D eigenvalue weighted by molar-refractivity contribution is -0.115. The lowest BCUT2D eigenvalue weighted by Gasteiger charge is -2.27. The Morgan fingerprint density at radius 1 is 1.21 bits per heavy atom. The molecule has 1 heterocycles. The third-order valence-electron chi connectivity index (χ3n) is 4.11. The smallest absolute Gasteiger partial charge is 0.254 e. The number of halogens is 1. The fourth-order valence-corrected chi connectivity index (χ4v) is 2.60. The van der Waals surface area contributed by atoms with Crippen molar-refractivity contribution in [1.29, 1.82) is 0 Å². The number of hydrogen-bond donors (Lipinski definition) is 2. The number of anilines is 1. The summed E-state index contributed by atoms with van der Waals surface area (Å²) in [7, 11) is 0. The second kappa shape index (κ2) is 9.01. The first kappa shape index (κ1) is 18.7. The van der Waals surface area contributed by atoms with Crippen LogP contribution in [0, 0.1) is 5.92 Å². The molecule has 24 heavy (non-hydrogen) atoms. The van der Waals surface area contributed by atoms with E-state index in [1.807, 2.05) is 0 Å². The summed E-state index contributed by atoms with van der Waals surface area (Å²) in [6, 6.07) is 7.10. The molecule has 6 nitrogen and oxygen atoms in total. The molecule has 1 aromatic rings. The highest BCUT2D eigenvalue weighted by Crippen LogP contribution is 2.27. The van der Waals surface area contributed by atoms with E-state index in [-0.39, 0.29) is 24.2 Å². The number of nitrogens with zero attached hydrogens (tertiary/aromatic N) is 1. The molecule has 1 aliphatic carbocycles. The van der Waals surface area contributed by atoms with Gasteiger partial charge in [0.25, 0.3) is 5.91 Å². The molecule has 0 radical (unpaired) electrons. The quantitative estimate of drug-likeness (QED) is 0.813. The average Bonchev–Trinajstić information content (AvgIpc) is 3.39. The van der Waals surface area contributed by atoms with E-state index in [9.17, 15) is 9.59 Å². The molecular formula is C17H24ClN3O3. The minimum atomic E-state index is -0.0818. The molecule has 0 unspecified atom stereocenters. The maximum Gasteiger partial charge on any atom is 0.254 e.